The van der Waals surface area contributed by atoms with Crippen molar-refractivity contribution in [2.24, 2.45) is 11.8 Å². The highest BCUT2D eigenvalue weighted by Crippen LogP contribution is 2.51. The highest BCUT2D eigenvalue weighted by atomic mass is 16.5. The summed E-state index contributed by atoms with van der Waals surface area (Å²) in [7, 11) is 3.42. The third kappa shape index (κ3) is 2.52. The van der Waals surface area contributed by atoms with Crippen molar-refractivity contribution in [2.75, 3.05) is 14.2 Å². The molecule has 0 saturated heterocycles. The van der Waals surface area contributed by atoms with Crippen molar-refractivity contribution in [1.29, 1.82) is 0 Å². The van der Waals surface area contributed by atoms with Crippen LogP contribution in [0.5, 0.6) is 11.5 Å². The van der Waals surface area contributed by atoms with Gasteiger partial charge in [-0.2, -0.15) is 0 Å². The topological polar surface area (TPSA) is 18.5 Å². The van der Waals surface area contributed by atoms with E-state index in [9.17, 15) is 0 Å². The van der Waals surface area contributed by atoms with Crippen LogP contribution in [0.2, 0.25) is 0 Å². The third-order valence-corrected chi connectivity index (χ3v) is 5.31. The van der Waals surface area contributed by atoms with E-state index in [4.69, 9.17) is 9.47 Å². The van der Waals surface area contributed by atoms with Gasteiger partial charge in [0.2, 0.25) is 0 Å². The molecule has 0 bridgehead atoms. The summed E-state index contributed by atoms with van der Waals surface area (Å²) in [4.78, 5) is 0. The Kier molecular flexibility index (Phi) is 3.89. The quantitative estimate of drug-likeness (QED) is 0.770. The van der Waals surface area contributed by atoms with E-state index in [-0.39, 0.29) is 0 Å². The van der Waals surface area contributed by atoms with Gasteiger partial charge in [-0.25, -0.2) is 0 Å². The van der Waals surface area contributed by atoms with Gasteiger partial charge in [0.1, 0.15) is 11.5 Å². The Morgan fingerprint density at radius 1 is 0.625 bits per heavy atom. The van der Waals surface area contributed by atoms with Crippen molar-refractivity contribution in [3.8, 4) is 11.5 Å². The molecule has 2 aromatic carbocycles. The molecule has 2 heteroatoms. The first-order valence-electron chi connectivity index (χ1n) is 8.49. The zero-order valence-electron chi connectivity index (χ0n) is 14.2. The van der Waals surface area contributed by atoms with Gasteiger partial charge in [0.25, 0.3) is 0 Å². The fourth-order valence-electron chi connectivity index (χ4n) is 4.06. The van der Waals surface area contributed by atoms with Crippen LogP contribution in [0.25, 0.3) is 11.1 Å². The zero-order valence-corrected chi connectivity index (χ0v) is 14.2. The summed E-state index contributed by atoms with van der Waals surface area (Å²) in [6.45, 7) is 0. The van der Waals surface area contributed by atoms with Gasteiger partial charge in [-0.3, -0.25) is 0 Å². The second kappa shape index (κ2) is 6.20. The van der Waals surface area contributed by atoms with Crippen molar-refractivity contribution in [2.45, 2.75) is 12.8 Å². The molecular formula is C22H22O2. The molecule has 122 valence electrons. The fourth-order valence-corrected chi connectivity index (χ4v) is 4.06. The number of rotatable bonds is 4. The SMILES string of the molecule is COc1ccc(C2=CC[C@H]3C(c4ccc(OC)cc4)=CC[C@@H]23)cc1. The Morgan fingerprint density at radius 2 is 1.00 bits per heavy atom. The van der Waals surface area contributed by atoms with Gasteiger partial charge in [0, 0.05) is 0 Å². The molecule has 0 heterocycles. The molecule has 0 N–H and O–H groups in total. The standard InChI is InChI=1S/C22H22O2/c1-23-17-7-3-15(4-8-17)19-11-13-22-20(12-14-21(19)22)16-5-9-18(24-2)10-6-16/h3-12,21-22H,13-14H2,1-2H3/t21-,22-/m0/s1. The minimum atomic E-state index is 0.607. The van der Waals surface area contributed by atoms with Crippen LogP contribution < -0.4 is 9.47 Å². The molecule has 0 fully saturated rings. The molecule has 0 aromatic heterocycles. The second-order valence-electron chi connectivity index (χ2n) is 6.46. The van der Waals surface area contributed by atoms with Crippen LogP contribution in [0, 0.1) is 11.8 Å². The number of hydrogen-bond donors (Lipinski definition) is 0. The lowest BCUT2D eigenvalue weighted by atomic mass is 9.85. The first-order chi connectivity index (χ1) is 11.8. The molecule has 0 amide bonds. The summed E-state index contributed by atoms with van der Waals surface area (Å²) < 4.78 is 10.5. The van der Waals surface area contributed by atoms with E-state index >= 15 is 0 Å². The Labute approximate surface area is 143 Å². The Hall–Kier alpha value is -2.48. The number of benzene rings is 2. The van der Waals surface area contributed by atoms with E-state index in [0.717, 1.165) is 24.3 Å². The maximum absolute atomic E-state index is 5.27. The van der Waals surface area contributed by atoms with E-state index in [1.54, 1.807) is 14.2 Å². The largest absolute Gasteiger partial charge is 0.497 e. The Balaban J connectivity index is 1.54. The number of ether oxygens (including phenoxy) is 2. The van der Waals surface area contributed by atoms with Crippen molar-refractivity contribution in [3.05, 3.63) is 71.8 Å². The minimum absolute atomic E-state index is 0.607. The summed E-state index contributed by atoms with van der Waals surface area (Å²) >= 11 is 0. The smallest absolute Gasteiger partial charge is 0.118 e. The Morgan fingerprint density at radius 3 is 1.33 bits per heavy atom. The highest BCUT2D eigenvalue weighted by Gasteiger charge is 2.36. The van der Waals surface area contributed by atoms with Crippen LogP contribution in [0.15, 0.2) is 60.7 Å². The van der Waals surface area contributed by atoms with Gasteiger partial charge < -0.3 is 9.47 Å². The molecule has 0 radical (unpaired) electrons. The van der Waals surface area contributed by atoms with Crippen LogP contribution in [0.1, 0.15) is 24.0 Å². The summed E-state index contributed by atoms with van der Waals surface area (Å²) in [5.74, 6) is 3.04. The monoisotopic (exact) mass is 318 g/mol. The van der Waals surface area contributed by atoms with Crippen LogP contribution in [0.4, 0.5) is 0 Å². The number of allylic oxidation sites excluding steroid dienone is 4. The van der Waals surface area contributed by atoms with Gasteiger partial charge in [0.15, 0.2) is 0 Å². The second-order valence-corrected chi connectivity index (χ2v) is 6.46. The number of hydrogen-bond acceptors (Lipinski definition) is 2. The summed E-state index contributed by atoms with van der Waals surface area (Å²) in [6, 6.07) is 16.9. The molecule has 4 rings (SSSR count). The molecule has 0 spiro atoms. The van der Waals surface area contributed by atoms with Crippen molar-refractivity contribution in [3.63, 3.8) is 0 Å². The van der Waals surface area contributed by atoms with Crippen molar-refractivity contribution >= 4 is 11.1 Å². The maximum Gasteiger partial charge on any atom is 0.118 e. The molecule has 2 aromatic rings. The first kappa shape index (κ1) is 15.1. The summed E-state index contributed by atoms with van der Waals surface area (Å²) in [5, 5.41) is 0. The Bertz CT molecular complexity index is 712. The predicted octanol–water partition coefficient (Wildman–Crippen LogP) is 5.21. The summed E-state index contributed by atoms with van der Waals surface area (Å²) in [6.07, 6.45) is 7.11. The first-order valence-corrected chi connectivity index (χ1v) is 8.49. The van der Waals surface area contributed by atoms with Crippen LogP contribution in [-0.4, -0.2) is 14.2 Å². The molecule has 2 nitrogen and oxygen atoms in total. The van der Waals surface area contributed by atoms with Gasteiger partial charge >= 0.3 is 0 Å². The average Bonchev–Trinajstić information content (AvgIpc) is 3.24. The molecule has 2 atom stereocenters. The summed E-state index contributed by atoms with van der Waals surface area (Å²) in [5.41, 5.74) is 5.63. The molecule has 0 aliphatic heterocycles. The van der Waals surface area contributed by atoms with Gasteiger partial charge in [0.05, 0.1) is 14.2 Å². The fraction of sp³-hybridized carbons (Fsp3) is 0.273. The van der Waals surface area contributed by atoms with Gasteiger partial charge in [-0.05, 0) is 71.2 Å². The molecular weight excluding hydrogens is 296 g/mol. The number of fused-ring (bicyclic) bond motifs is 1. The molecule has 2 aliphatic carbocycles. The molecule has 0 saturated carbocycles. The minimum Gasteiger partial charge on any atom is -0.497 e. The highest BCUT2D eigenvalue weighted by molar-refractivity contribution is 5.80. The van der Waals surface area contributed by atoms with E-state index in [1.165, 1.54) is 22.3 Å². The zero-order chi connectivity index (χ0) is 16.5. The number of methoxy groups -OCH3 is 2. The van der Waals surface area contributed by atoms with E-state index in [0.29, 0.717) is 11.8 Å². The predicted molar refractivity (Wildman–Crippen MR) is 98.2 cm³/mol. The molecule has 24 heavy (non-hydrogen) atoms. The van der Waals surface area contributed by atoms with Crippen molar-refractivity contribution in [1.82, 2.24) is 0 Å². The lowest BCUT2D eigenvalue weighted by molar-refractivity contribution is 0.414. The van der Waals surface area contributed by atoms with Gasteiger partial charge in [-0.1, -0.05) is 36.4 Å². The lowest BCUT2D eigenvalue weighted by Gasteiger charge is -2.18. The maximum atomic E-state index is 5.27. The van der Waals surface area contributed by atoms with Crippen LogP contribution >= 0.6 is 0 Å². The third-order valence-electron chi connectivity index (χ3n) is 5.31. The van der Waals surface area contributed by atoms with Crippen LogP contribution in [0.3, 0.4) is 0 Å². The van der Waals surface area contributed by atoms with Gasteiger partial charge in [-0.15, -0.1) is 0 Å². The van der Waals surface area contributed by atoms with Crippen LogP contribution in [-0.2, 0) is 0 Å². The lowest BCUT2D eigenvalue weighted by Crippen LogP contribution is -2.06. The van der Waals surface area contributed by atoms with E-state index < -0.39 is 0 Å². The molecule has 0 unspecified atom stereocenters. The van der Waals surface area contributed by atoms with E-state index in [1.807, 2.05) is 0 Å². The van der Waals surface area contributed by atoms with E-state index in [2.05, 4.69) is 60.7 Å². The normalized spacial score (nSPS) is 21.9. The molecule has 2 aliphatic rings. The average molecular weight is 318 g/mol. The van der Waals surface area contributed by atoms with Crippen molar-refractivity contribution < 1.29 is 9.47 Å².